The molecular weight excluding hydrogens is 427 g/mol. The molecule has 0 radical (unpaired) electrons. The van der Waals surface area contributed by atoms with E-state index in [1.165, 1.54) is 0 Å². The summed E-state index contributed by atoms with van der Waals surface area (Å²) in [7, 11) is 0. The molecule has 0 aliphatic rings. The van der Waals surface area contributed by atoms with Crippen molar-refractivity contribution in [1.82, 2.24) is 19.9 Å². The first-order valence-corrected chi connectivity index (χ1v) is 7.85. The summed E-state index contributed by atoms with van der Waals surface area (Å²) >= 11 is 2.08. The van der Waals surface area contributed by atoms with Gasteiger partial charge in [0.2, 0.25) is 11.8 Å². The summed E-state index contributed by atoms with van der Waals surface area (Å²) in [6.07, 6.45) is 2.11. The summed E-state index contributed by atoms with van der Waals surface area (Å²) in [5.41, 5.74) is -0.992. The minimum atomic E-state index is -1.03. The molecule has 0 spiro atoms. The minimum absolute atomic E-state index is 0.145. The second kappa shape index (κ2) is 6.43. The predicted molar refractivity (Wildman–Crippen MR) is 93.1 cm³/mol. The number of hydrogen-bond acceptors (Lipinski definition) is 6. The van der Waals surface area contributed by atoms with Crippen LogP contribution in [0.1, 0.15) is 22.6 Å². The van der Waals surface area contributed by atoms with Gasteiger partial charge in [0.1, 0.15) is 0 Å². The van der Waals surface area contributed by atoms with Crippen molar-refractivity contribution >= 4 is 22.6 Å². The summed E-state index contributed by atoms with van der Waals surface area (Å²) in [6, 6.07) is 7.00. The zero-order valence-electron chi connectivity index (χ0n) is 12.0. The highest BCUT2D eigenvalue weighted by molar-refractivity contribution is 14.1. The van der Waals surface area contributed by atoms with E-state index >= 15 is 0 Å². The number of hydrogen-bond donors (Lipinski definition) is 4. The second-order valence-electron chi connectivity index (χ2n) is 4.93. The van der Waals surface area contributed by atoms with Crippen molar-refractivity contribution in [2.45, 2.75) is 5.92 Å². The van der Waals surface area contributed by atoms with Crippen LogP contribution >= 0.6 is 22.6 Å². The Morgan fingerprint density at radius 3 is 1.96 bits per heavy atom. The molecule has 0 saturated heterocycles. The number of halogens is 1. The quantitative estimate of drug-likeness (QED) is 0.452. The molecule has 3 aromatic rings. The fourth-order valence-electron chi connectivity index (χ4n) is 2.49. The zero-order chi connectivity index (χ0) is 17.3. The molecule has 3 rings (SSSR count). The highest BCUT2D eigenvalue weighted by atomic mass is 127. The average molecular weight is 438 g/mol. The lowest BCUT2D eigenvalue weighted by molar-refractivity contribution is 0.432. The molecule has 2 heterocycles. The van der Waals surface area contributed by atoms with E-state index in [4.69, 9.17) is 0 Å². The summed E-state index contributed by atoms with van der Waals surface area (Å²) in [6.45, 7) is 0. The lowest BCUT2D eigenvalue weighted by Crippen LogP contribution is -2.24. The number of rotatable bonds is 3. The van der Waals surface area contributed by atoms with Crippen molar-refractivity contribution in [2.75, 3.05) is 0 Å². The molecule has 0 saturated carbocycles. The molecule has 0 fully saturated rings. The maximum absolute atomic E-state index is 12.3. The molecule has 0 bridgehead atoms. The Morgan fingerprint density at radius 2 is 1.50 bits per heavy atom. The van der Waals surface area contributed by atoms with E-state index in [0.29, 0.717) is 5.56 Å². The summed E-state index contributed by atoms with van der Waals surface area (Å²) in [4.78, 5) is 36.6. The Balaban J connectivity index is 2.39. The molecule has 2 aromatic heterocycles. The molecular formula is C15H11IN4O4. The van der Waals surface area contributed by atoms with E-state index < -0.39 is 28.8 Å². The number of aromatic nitrogens is 4. The first-order chi connectivity index (χ1) is 11.5. The molecule has 8 nitrogen and oxygen atoms in total. The minimum Gasteiger partial charge on any atom is -0.493 e. The highest BCUT2D eigenvalue weighted by Gasteiger charge is 2.29. The number of nitrogens with one attached hydrogen (secondary N) is 2. The molecule has 0 unspecified atom stereocenters. The van der Waals surface area contributed by atoms with E-state index in [9.17, 15) is 19.8 Å². The van der Waals surface area contributed by atoms with Gasteiger partial charge < -0.3 is 20.2 Å². The second-order valence-corrected chi connectivity index (χ2v) is 6.17. The van der Waals surface area contributed by atoms with Gasteiger partial charge in [0.05, 0.1) is 29.7 Å². The third-order valence-electron chi connectivity index (χ3n) is 3.50. The molecule has 24 heavy (non-hydrogen) atoms. The largest absolute Gasteiger partial charge is 0.493 e. The third-order valence-corrected chi connectivity index (χ3v) is 4.17. The van der Waals surface area contributed by atoms with E-state index in [-0.39, 0.29) is 11.1 Å². The van der Waals surface area contributed by atoms with Crippen molar-refractivity contribution in [3.05, 3.63) is 77.9 Å². The molecule has 122 valence electrons. The lowest BCUT2D eigenvalue weighted by atomic mass is 9.87. The summed E-state index contributed by atoms with van der Waals surface area (Å²) in [5.74, 6) is -2.08. The monoisotopic (exact) mass is 438 g/mol. The van der Waals surface area contributed by atoms with Gasteiger partial charge in [0, 0.05) is 3.57 Å². The Morgan fingerprint density at radius 1 is 0.958 bits per heavy atom. The Labute approximate surface area is 148 Å². The molecule has 4 N–H and O–H groups in total. The van der Waals surface area contributed by atoms with Gasteiger partial charge in [-0.25, -0.2) is 9.97 Å². The van der Waals surface area contributed by atoms with Crippen LogP contribution in [-0.2, 0) is 0 Å². The van der Waals surface area contributed by atoms with Crippen LogP contribution in [0.4, 0.5) is 0 Å². The number of aromatic amines is 2. The first-order valence-electron chi connectivity index (χ1n) is 6.77. The average Bonchev–Trinajstić information content (AvgIpc) is 2.53. The van der Waals surface area contributed by atoms with Crippen LogP contribution in [0, 0.1) is 3.57 Å². The molecule has 0 amide bonds. The number of nitrogens with zero attached hydrogens (tertiary/aromatic N) is 2. The van der Waals surface area contributed by atoms with Gasteiger partial charge in [-0.2, -0.15) is 0 Å². The van der Waals surface area contributed by atoms with Crippen molar-refractivity contribution in [3.8, 4) is 11.8 Å². The van der Waals surface area contributed by atoms with Gasteiger partial charge in [0.25, 0.3) is 11.1 Å². The van der Waals surface area contributed by atoms with Crippen LogP contribution in [-0.4, -0.2) is 30.1 Å². The van der Waals surface area contributed by atoms with Crippen molar-refractivity contribution < 1.29 is 10.2 Å². The standard InChI is InChI=1S/C15H11IN4O4/c16-8-3-1-2-7(4-8)9(10-12(21)17-5-18-13(10)22)11-14(23)19-6-20-15(11)24/h1-6,9H,(H2,17,18,21,22)(H2,19,20,23,24). The third kappa shape index (κ3) is 2.89. The molecule has 0 atom stereocenters. The van der Waals surface area contributed by atoms with Gasteiger partial charge in [0.15, 0.2) is 0 Å². The number of H-pyrrole nitrogens is 2. The lowest BCUT2D eigenvalue weighted by Gasteiger charge is -2.18. The maximum Gasteiger partial charge on any atom is 0.258 e. The Hall–Kier alpha value is -2.69. The van der Waals surface area contributed by atoms with Crippen LogP contribution in [0.2, 0.25) is 0 Å². The van der Waals surface area contributed by atoms with Crippen LogP contribution < -0.4 is 11.1 Å². The van der Waals surface area contributed by atoms with Gasteiger partial charge in [-0.05, 0) is 40.3 Å². The zero-order valence-corrected chi connectivity index (χ0v) is 14.2. The fraction of sp³-hybridized carbons (Fsp3) is 0.0667. The fourth-order valence-corrected chi connectivity index (χ4v) is 3.05. The maximum atomic E-state index is 12.3. The van der Waals surface area contributed by atoms with E-state index in [2.05, 4.69) is 42.5 Å². The molecule has 9 heteroatoms. The van der Waals surface area contributed by atoms with Gasteiger partial charge in [-0.15, -0.1) is 0 Å². The summed E-state index contributed by atoms with van der Waals surface area (Å²) in [5, 5.41) is 20.2. The number of aromatic hydroxyl groups is 2. The highest BCUT2D eigenvalue weighted by Crippen LogP contribution is 2.35. The Kier molecular flexibility index (Phi) is 4.34. The smallest absolute Gasteiger partial charge is 0.258 e. The van der Waals surface area contributed by atoms with E-state index in [0.717, 1.165) is 16.2 Å². The van der Waals surface area contributed by atoms with Crippen LogP contribution in [0.5, 0.6) is 11.8 Å². The van der Waals surface area contributed by atoms with Crippen LogP contribution in [0.3, 0.4) is 0 Å². The van der Waals surface area contributed by atoms with Gasteiger partial charge >= 0.3 is 0 Å². The molecule has 1 aromatic carbocycles. The normalized spacial score (nSPS) is 10.9. The van der Waals surface area contributed by atoms with E-state index in [1.807, 2.05) is 6.07 Å². The van der Waals surface area contributed by atoms with Crippen LogP contribution in [0.15, 0.2) is 46.5 Å². The topological polar surface area (TPSA) is 132 Å². The number of benzene rings is 1. The SMILES string of the molecule is O=c1[nH]cnc(O)c1C(c1cccc(I)c1)c1c(O)nc[nH]c1=O. The van der Waals surface area contributed by atoms with E-state index in [1.54, 1.807) is 18.2 Å². The first kappa shape index (κ1) is 16.2. The Bertz CT molecular complexity index is 955. The summed E-state index contributed by atoms with van der Waals surface area (Å²) < 4.78 is 0.856. The van der Waals surface area contributed by atoms with Gasteiger partial charge in [-0.1, -0.05) is 12.1 Å². The predicted octanol–water partition coefficient (Wildman–Crippen LogP) is 1.05. The van der Waals surface area contributed by atoms with Crippen molar-refractivity contribution in [1.29, 1.82) is 0 Å². The van der Waals surface area contributed by atoms with Crippen molar-refractivity contribution in [2.24, 2.45) is 0 Å². The molecule has 0 aliphatic carbocycles. The molecule has 0 aliphatic heterocycles. The van der Waals surface area contributed by atoms with Crippen LogP contribution in [0.25, 0.3) is 0 Å². The van der Waals surface area contributed by atoms with Crippen molar-refractivity contribution in [3.63, 3.8) is 0 Å². The van der Waals surface area contributed by atoms with Gasteiger partial charge in [-0.3, -0.25) is 9.59 Å².